The Morgan fingerprint density at radius 2 is 1.89 bits per heavy atom. The number of piperidine rings is 1. The van der Waals surface area contributed by atoms with Crippen LogP contribution in [0, 0.1) is 5.41 Å². The highest BCUT2D eigenvalue weighted by Crippen LogP contribution is 2.31. The predicted molar refractivity (Wildman–Crippen MR) is 37.4 cm³/mol. The fourth-order valence-electron chi connectivity index (χ4n) is 1.70. The summed E-state index contributed by atoms with van der Waals surface area (Å²) in [5.74, 6) is 0. The van der Waals surface area contributed by atoms with Gasteiger partial charge in [-0.2, -0.15) is 0 Å². The second-order valence-electron chi connectivity index (χ2n) is 3.27. The van der Waals surface area contributed by atoms with Gasteiger partial charge in [-0.05, 0) is 31.3 Å². The summed E-state index contributed by atoms with van der Waals surface area (Å²) in [7, 11) is 0. The van der Waals surface area contributed by atoms with Gasteiger partial charge in [0.15, 0.2) is 0 Å². The zero-order chi connectivity index (χ0) is 7.03. The van der Waals surface area contributed by atoms with Crippen molar-refractivity contribution >= 4 is 0 Å². The third-order valence-electron chi connectivity index (χ3n) is 2.60. The summed E-state index contributed by atoms with van der Waals surface area (Å²) < 4.78 is 7.36. The molecule has 0 aliphatic carbocycles. The van der Waals surface area contributed by atoms with Crippen molar-refractivity contribution in [2.45, 2.75) is 12.8 Å². The van der Waals surface area contributed by atoms with Crippen LogP contribution in [-0.2, 0) is 0 Å². The molecule has 1 spiro atoms. The lowest BCUT2D eigenvalue weighted by Gasteiger charge is -2.45. The summed E-state index contributed by atoms with van der Waals surface area (Å²) >= 11 is 0. The maximum absolute atomic E-state index is 7.36. The quantitative estimate of drug-likeness (QED) is 0.477. The fraction of sp³-hybridized carbons (Fsp3) is 1.00. The van der Waals surface area contributed by atoms with Crippen molar-refractivity contribution in [2.24, 2.45) is 5.41 Å². The summed E-state index contributed by atoms with van der Waals surface area (Å²) in [5, 5.41) is 4.99. The largest absolute Gasteiger partial charge is 0.317 e. The zero-order valence-electron chi connectivity index (χ0n) is 6.69. The van der Waals surface area contributed by atoms with Gasteiger partial charge >= 0.3 is 0 Å². The highest BCUT2D eigenvalue weighted by molar-refractivity contribution is 4.94. The van der Waals surface area contributed by atoms with Gasteiger partial charge in [-0.3, -0.25) is 0 Å². The summed E-state index contributed by atoms with van der Waals surface area (Å²) in [6.07, 6.45) is 2.45. The Bertz CT molecular complexity index is 124. The fourth-order valence-corrected chi connectivity index (χ4v) is 1.70. The molecule has 2 aliphatic rings. The minimum atomic E-state index is 0.609. The molecule has 0 amide bonds. The lowest BCUT2D eigenvalue weighted by atomic mass is 9.74. The van der Waals surface area contributed by atoms with Gasteiger partial charge in [0, 0.05) is 13.1 Å². The monoisotopic (exact) mass is 127 g/mol. The maximum Gasteiger partial charge on any atom is 0.122 e. The van der Waals surface area contributed by atoms with Crippen LogP contribution in [0.15, 0.2) is 0 Å². The van der Waals surface area contributed by atoms with Gasteiger partial charge in [0.25, 0.3) is 0 Å². The van der Waals surface area contributed by atoms with E-state index in [1.165, 1.54) is 25.9 Å². The molecule has 2 saturated heterocycles. The van der Waals surface area contributed by atoms with Crippen LogP contribution in [0.25, 0.3) is 0 Å². The molecule has 0 aromatic carbocycles. The Balaban J connectivity index is 1.90. The lowest BCUT2D eigenvalue weighted by molar-refractivity contribution is 0.116. The molecule has 2 rings (SSSR count). The Hall–Kier alpha value is -0.0800. The van der Waals surface area contributed by atoms with Crippen LogP contribution in [0.2, 0.25) is 1.41 Å². The van der Waals surface area contributed by atoms with Gasteiger partial charge in [0.2, 0.25) is 0 Å². The first kappa shape index (κ1) is 4.69. The molecule has 0 atom stereocenters. The van der Waals surface area contributed by atoms with E-state index in [4.69, 9.17) is 1.41 Å². The van der Waals surface area contributed by atoms with Gasteiger partial charge < -0.3 is 10.6 Å². The molecule has 0 aromatic heterocycles. The molecule has 9 heavy (non-hydrogen) atoms. The molecule has 0 radical (unpaired) electrons. The van der Waals surface area contributed by atoms with E-state index in [0.29, 0.717) is 5.41 Å². The van der Waals surface area contributed by atoms with Gasteiger partial charge in [-0.25, -0.2) is 0 Å². The first-order chi connectivity index (χ1) is 4.81. The Morgan fingerprint density at radius 3 is 2.33 bits per heavy atom. The van der Waals surface area contributed by atoms with Crippen LogP contribution < -0.4 is 10.6 Å². The minimum absolute atomic E-state index is 0.609. The van der Waals surface area contributed by atoms with E-state index in [1.54, 1.807) is 5.31 Å². The van der Waals surface area contributed by atoms with Crippen LogP contribution in [0.1, 0.15) is 12.8 Å². The van der Waals surface area contributed by atoms with Crippen molar-refractivity contribution in [3.8, 4) is 0 Å². The van der Waals surface area contributed by atoms with Crippen LogP contribution in [0.3, 0.4) is 0 Å². The molecular weight excluding hydrogens is 112 g/mol. The third-order valence-corrected chi connectivity index (χ3v) is 2.60. The first-order valence-corrected chi connectivity index (χ1v) is 3.75. The van der Waals surface area contributed by atoms with Crippen molar-refractivity contribution in [2.75, 3.05) is 26.2 Å². The Labute approximate surface area is 57.5 Å². The zero-order valence-corrected chi connectivity index (χ0v) is 5.69. The third kappa shape index (κ3) is 0.864. The van der Waals surface area contributed by atoms with Crippen LogP contribution >= 0.6 is 0 Å². The van der Waals surface area contributed by atoms with E-state index in [1.807, 2.05) is 0 Å². The minimum Gasteiger partial charge on any atom is -0.317 e. The lowest BCUT2D eigenvalue weighted by Crippen LogP contribution is -2.57. The van der Waals surface area contributed by atoms with E-state index in [9.17, 15) is 0 Å². The van der Waals surface area contributed by atoms with Crippen molar-refractivity contribution in [1.82, 2.24) is 10.6 Å². The SMILES string of the molecule is [2H]N1CCC2(CC1)CNC2. The molecule has 0 saturated carbocycles. The molecule has 0 unspecified atom stereocenters. The molecule has 0 bridgehead atoms. The Kier molecular flexibility index (Phi) is 1.02. The molecule has 0 aromatic rings. The average molecular weight is 127 g/mol. The van der Waals surface area contributed by atoms with E-state index in [0.717, 1.165) is 13.1 Å². The summed E-state index contributed by atoms with van der Waals surface area (Å²) in [4.78, 5) is 0. The molecule has 2 aliphatic heterocycles. The summed E-state index contributed by atoms with van der Waals surface area (Å²) in [5.41, 5.74) is 0.609. The van der Waals surface area contributed by atoms with Crippen LogP contribution in [-0.4, -0.2) is 26.2 Å². The number of nitrogens with one attached hydrogen (secondary N) is 2. The predicted octanol–water partition coefficient (Wildman–Crippen LogP) is -0.0406. The molecule has 52 valence electrons. The molecule has 2 N–H and O–H groups in total. The standard InChI is InChI=1S/C7H14N2/c1-3-8-4-2-7(1)5-9-6-7/h8-9H,1-6H2/i/hD. The molecule has 2 heteroatoms. The molecule has 2 nitrogen and oxygen atoms in total. The maximum atomic E-state index is 7.36. The van der Waals surface area contributed by atoms with Gasteiger partial charge in [0.05, 0.1) is 0 Å². The van der Waals surface area contributed by atoms with Crippen LogP contribution in [0.4, 0.5) is 0 Å². The van der Waals surface area contributed by atoms with Gasteiger partial charge in [-0.15, -0.1) is 0 Å². The van der Waals surface area contributed by atoms with Crippen molar-refractivity contribution in [3.63, 3.8) is 0 Å². The molecule has 2 fully saturated rings. The number of rotatable bonds is 0. The molecular formula is C7H14N2. The topological polar surface area (TPSA) is 24.1 Å². The number of hydrogen-bond acceptors (Lipinski definition) is 2. The number of hydrogen-bond donors (Lipinski definition) is 2. The summed E-state index contributed by atoms with van der Waals surface area (Å²) in [6, 6.07) is 0. The summed E-state index contributed by atoms with van der Waals surface area (Å²) in [6.45, 7) is 4.34. The normalized spacial score (nSPS) is 35.8. The first-order valence-electron chi connectivity index (χ1n) is 4.20. The second-order valence-corrected chi connectivity index (χ2v) is 3.27. The van der Waals surface area contributed by atoms with Gasteiger partial charge in [-0.1, -0.05) is 0 Å². The molecule has 2 heterocycles. The van der Waals surface area contributed by atoms with Gasteiger partial charge in [0.1, 0.15) is 1.41 Å². The van der Waals surface area contributed by atoms with E-state index in [2.05, 4.69) is 5.32 Å². The smallest absolute Gasteiger partial charge is 0.122 e. The highest BCUT2D eigenvalue weighted by atomic mass is 15.0. The van der Waals surface area contributed by atoms with Crippen molar-refractivity contribution in [1.29, 1.82) is 0 Å². The second kappa shape index (κ2) is 1.96. The highest BCUT2D eigenvalue weighted by Gasteiger charge is 2.37. The van der Waals surface area contributed by atoms with Crippen molar-refractivity contribution in [3.05, 3.63) is 0 Å². The van der Waals surface area contributed by atoms with Crippen molar-refractivity contribution < 1.29 is 1.41 Å². The van der Waals surface area contributed by atoms with E-state index >= 15 is 0 Å². The van der Waals surface area contributed by atoms with Crippen LogP contribution in [0.5, 0.6) is 0 Å². The average Bonchev–Trinajstić information content (AvgIpc) is 1.86. The van der Waals surface area contributed by atoms with E-state index < -0.39 is 0 Å². The Morgan fingerprint density at radius 1 is 1.22 bits per heavy atom. The van der Waals surface area contributed by atoms with E-state index in [-0.39, 0.29) is 0 Å².